The van der Waals surface area contributed by atoms with Crippen molar-refractivity contribution in [3.05, 3.63) is 54.6 Å². The number of aromatic nitrogens is 2. The van der Waals surface area contributed by atoms with Crippen molar-refractivity contribution in [1.82, 2.24) is 15.1 Å². The first-order valence-corrected chi connectivity index (χ1v) is 8.49. The average Bonchev–Trinajstić information content (AvgIpc) is 2.66. The lowest BCUT2D eigenvalue weighted by atomic mass is 10.1. The summed E-state index contributed by atoms with van der Waals surface area (Å²) in [6.07, 6.45) is 0. The van der Waals surface area contributed by atoms with E-state index < -0.39 is 0 Å². The summed E-state index contributed by atoms with van der Waals surface area (Å²) in [6, 6.07) is 18.3. The highest BCUT2D eigenvalue weighted by molar-refractivity contribution is 5.96. The van der Waals surface area contributed by atoms with E-state index >= 15 is 0 Å². The molecule has 0 aliphatic rings. The molecular weight excluding hydrogens is 298 g/mol. The molecule has 0 radical (unpaired) electrons. The molecule has 0 atom stereocenters. The SMILES string of the molecule is CCN(CC)CCOc1nnc(-c2ccccc2)c2ccccc12. The topological polar surface area (TPSA) is 38.2 Å². The van der Waals surface area contributed by atoms with Crippen LogP contribution in [0.3, 0.4) is 0 Å². The van der Waals surface area contributed by atoms with E-state index in [0.717, 1.165) is 41.7 Å². The number of ether oxygens (including phenoxy) is 1. The minimum atomic E-state index is 0.609. The second-order valence-corrected chi connectivity index (χ2v) is 5.64. The fourth-order valence-electron chi connectivity index (χ4n) is 2.81. The molecule has 0 unspecified atom stereocenters. The molecule has 2 aromatic carbocycles. The molecule has 0 N–H and O–H groups in total. The Morgan fingerprint density at radius 1 is 0.833 bits per heavy atom. The van der Waals surface area contributed by atoms with Crippen molar-refractivity contribution in [3.63, 3.8) is 0 Å². The summed E-state index contributed by atoms with van der Waals surface area (Å²) >= 11 is 0. The molecule has 0 fully saturated rings. The van der Waals surface area contributed by atoms with Gasteiger partial charge in [0.25, 0.3) is 0 Å². The Kier molecular flexibility index (Phi) is 5.39. The molecule has 0 saturated carbocycles. The van der Waals surface area contributed by atoms with Crippen molar-refractivity contribution in [1.29, 1.82) is 0 Å². The van der Waals surface area contributed by atoms with Gasteiger partial charge in [0, 0.05) is 22.9 Å². The van der Waals surface area contributed by atoms with Gasteiger partial charge < -0.3 is 9.64 Å². The van der Waals surface area contributed by atoms with Crippen LogP contribution in [0.2, 0.25) is 0 Å². The van der Waals surface area contributed by atoms with E-state index in [1.807, 2.05) is 36.4 Å². The minimum Gasteiger partial charge on any atom is -0.475 e. The fraction of sp³-hybridized carbons (Fsp3) is 0.300. The van der Waals surface area contributed by atoms with Crippen LogP contribution in [0.15, 0.2) is 54.6 Å². The van der Waals surface area contributed by atoms with E-state index in [4.69, 9.17) is 4.74 Å². The Morgan fingerprint density at radius 3 is 2.21 bits per heavy atom. The second kappa shape index (κ2) is 7.88. The first-order chi connectivity index (χ1) is 11.8. The van der Waals surface area contributed by atoms with Crippen molar-refractivity contribution < 1.29 is 4.74 Å². The number of likely N-dealkylation sites (N-methyl/N-ethyl adjacent to an activating group) is 1. The molecule has 4 heteroatoms. The highest BCUT2D eigenvalue weighted by atomic mass is 16.5. The standard InChI is InChI=1S/C20H23N3O/c1-3-23(4-2)14-15-24-20-18-13-9-8-12-17(18)19(21-22-20)16-10-6-5-7-11-16/h5-13H,3-4,14-15H2,1-2H3. The van der Waals surface area contributed by atoms with E-state index in [2.05, 4.69) is 47.1 Å². The van der Waals surface area contributed by atoms with Gasteiger partial charge in [-0.2, -0.15) is 0 Å². The lowest BCUT2D eigenvalue weighted by molar-refractivity contribution is 0.218. The lowest BCUT2D eigenvalue weighted by Gasteiger charge is -2.18. The maximum Gasteiger partial charge on any atom is 0.241 e. The van der Waals surface area contributed by atoms with E-state index in [1.165, 1.54) is 0 Å². The third kappa shape index (κ3) is 3.54. The summed E-state index contributed by atoms with van der Waals surface area (Å²) in [5.41, 5.74) is 1.96. The van der Waals surface area contributed by atoms with Gasteiger partial charge in [0.05, 0.1) is 0 Å². The molecular formula is C20H23N3O. The number of fused-ring (bicyclic) bond motifs is 1. The van der Waals surface area contributed by atoms with E-state index in [9.17, 15) is 0 Å². The number of benzene rings is 2. The van der Waals surface area contributed by atoms with Gasteiger partial charge in [0.2, 0.25) is 5.88 Å². The molecule has 1 aromatic heterocycles. The molecule has 1 heterocycles. The first-order valence-electron chi connectivity index (χ1n) is 8.49. The third-order valence-corrected chi connectivity index (χ3v) is 4.24. The predicted octanol–water partition coefficient (Wildman–Crippen LogP) is 4.02. The number of hydrogen-bond donors (Lipinski definition) is 0. The molecule has 24 heavy (non-hydrogen) atoms. The van der Waals surface area contributed by atoms with Crippen LogP contribution in [0.4, 0.5) is 0 Å². The van der Waals surface area contributed by atoms with Crippen LogP contribution in [-0.2, 0) is 0 Å². The number of rotatable bonds is 7. The van der Waals surface area contributed by atoms with E-state index in [0.29, 0.717) is 12.5 Å². The Hall–Kier alpha value is -2.46. The van der Waals surface area contributed by atoms with Gasteiger partial charge in [-0.25, -0.2) is 0 Å². The van der Waals surface area contributed by atoms with Crippen LogP contribution in [0.25, 0.3) is 22.0 Å². The summed E-state index contributed by atoms with van der Waals surface area (Å²) < 4.78 is 5.93. The van der Waals surface area contributed by atoms with E-state index in [1.54, 1.807) is 0 Å². The Balaban J connectivity index is 1.89. The van der Waals surface area contributed by atoms with Crippen LogP contribution >= 0.6 is 0 Å². The van der Waals surface area contributed by atoms with Crippen LogP contribution in [0.1, 0.15) is 13.8 Å². The Labute approximate surface area is 143 Å². The lowest BCUT2D eigenvalue weighted by Crippen LogP contribution is -2.28. The molecule has 0 aliphatic heterocycles. The number of nitrogens with zero attached hydrogens (tertiary/aromatic N) is 3. The molecule has 0 aliphatic carbocycles. The summed E-state index contributed by atoms with van der Waals surface area (Å²) in [7, 11) is 0. The van der Waals surface area contributed by atoms with Crippen molar-refractivity contribution in [2.45, 2.75) is 13.8 Å². The third-order valence-electron chi connectivity index (χ3n) is 4.24. The van der Waals surface area contributed by atoms with Gasteiger partial charge in [0.1, 0.15) is 12.3 Å². The highest BCUT2D eigenvalue weighted by Crippen LogP contribution is 2.30. The molecule has 0 amide bonds. The Morgan fingerprint density at radius 2 is 1.50 bits per heavy atom. The van der Waals surface area contributed by atoms with Crippen LogP contribution in [-0.4, -0.2) is 41.3 Å². The number of hydrogen-bond acceptors (Lipinski definition) is 4. The Bertz CT molecular complexity index is 785. The van der Waals surface area contributed by atoms with Crippen LogP contribution in [0.5, 0.6) is 5.88 Å². The molecule has 124 valence electrons. The summed E-state index contributed by atoms with van der Waals surface area (Å²) in [5, 5.41) is 10.8. The van der Waals surface area contributed by atoms with E-state index in [-0.39, 0.29) is 0 Å². The molecule has 0 bridgehead atoms. The van der Waals surface area contributed by atoms with Crippen molar-refractivity contribution >= 4 is 10.8 Å². The molecule has 3 aromatic rings. The minimum absolute atomic E-state index is 0.609. The second-order valence-electron chi connectivity index (χ2n) is 5.64. The summed E-state index contributed by atoms with van der Waals surface area (Å²) in [5.74, 6) is 0.609. The maximum absolute atomic E-state index is 5.93. The maximum atomic E-state index is 5.93. The highest BCUT2D eigenvalue weighted by Gasteiger charge is 2.11. The monoisotopic (exact) mass is 321 g/mol. The van der Waals surface area contributed by atoms with Gasteiger partial charge >= 0.3 is 0 Å². The largest absolute Gasteiger partial charge is 0.475 e. The van der Waals surface area contributed by atoms with Gasteiger partial charge in [-0.05, 0) is 19.2 Å². The smallest absolute Gasteiger partial charge is 0.241 e. The zero-order valence-electron chi connectivity index (χ0n) is 14.3. The molecule has 4 nitrogen and oxygen atoms in total. The van der Waals surface area contributed by atoms with Crippen LogP contribution in [0, 0.1) is 0 Å². The predicted molar refractivity (Wildman–Crippen MR) is 98.3 cm³/mol. The van der Waals surface area contributed by atoms with Gasteiger partial charge in [-0.15, -0.1) is 10.2 Å². The molecule has 0 spiro atoms. The first kappa shape index (κ1) is 16.4. The van der Waals surface area contributed by atoms with Gasteiger partial charge in [-0.1, -0.05) is 62.4 Å². The summed E-state index contributed by atoms with van der Waals surface area (Å²) in [4.78, 5) is 2.33. The van der Waals surface area contributed by atoms with Crippen molar-refractivity contribution in [3.8, 4) is 17.1 Å². The van der Waals surface area contributed by atoms with Crippen LogP contribution < -0.4 is 4.74 Å². The van der Waals surface area contributed by atoms with Crippen molar-refractivity contribution in [2.24, 2.45) is 0 Å². The molecule has 0 saturated heterocycles. The fourth-order valence-corrected chi connectivity index (χ4v) is 2.81. The summed E-state index contributed by atoms with van der Waals surface area (Å²) in [6.45, 7) is 7.88. The van der Waals surface area contributed by atoms with Gasteiger partial charge in [-0.3, -0.25) is 0 Å². The average molecular weight is 321 g/mol. The zero-order chi connectivity index (χ0) is 16.8. The quantitative estimate of drug-likeness (QED) is 0.659. The zero-order valence-corrected chi connectivity index (χ0v) is 14.3. The van der Waals surface area contributed by atoms with Gasteiger partial charge in [0.15, 0.2) is 0 Å². The normalized spacial score (nSPS) is 11.1. The van der Waals surface area contributed by atoms with Crippen molar-refractivity contribution in [2.75, 3.05) is 26.2 Å². The molecule has 3 rings (SSSR count).